The smallest absolute Gasteiger partial charge is 0.335 e. The van der Waals surface area contributed by atoms with E-state index in [-0.39, 0.29) is 5.56 Å². The molecule has 0 amide bonds. The Kier molecular flexibility index (Phi) is 3.33. The Morgan fingerprint density at radius 3 is 2.75 bits per heavy atom. The monoisotopic (exact) mass is 292 g/mol. The molecule has 0 unspecified atom stereocenters. The lowest BCUT2D eigenvalue weighted by Crippen LogP contribution is -2.22. The minimum absolute atomic E-state index is 0.256. The number of hydrogen-bond acceptors (Lipinski definition) is 3. The van der Waals surface area contributed by atoms with Gasteiger partial charge in [-0.3, -0.25) is 4.21 Å². The van der Waals surface area contributed by atoms with Crippen molar-refractivity contribution in [2.24, 2.45) is 0 Å². The summed E-state index contributed by atoms with van der Waals surface area (Å²) in [5, 5.41) is 9.03. The van der Waals surface area contributed by atoms with Crippen molar-refractivity contribution < 1.29 is 14.1 Å². The largest absolute Gasteiger partial charge is 0.478 e. The van der Waals surface area contributed by atoms with Crippen molar-refractivity contribution in [1.29, 1.82) is 0 Å². The first-order valence-corrected chi connectivity index (χ1v) is 8.12. The molecule has 1 saturated heterocycles. The van der Waals surface area contributed by atoms with E-state index in [4.69, 9.17) is 5.11 Å². The molecule has 0 atom stereocenters. The average molecular weight is 292 g/mol. The van der Waals surface area contributed by atoms with Gasteiger partial charge in [0.2, 0.25) is 0 Å². The molecule has 0 spiro atoms. The van der Waals surface area contributed by atoms with Crippen molar-refractivity contribution in [3.8, 4) is 0 Å². The number of fused-ring (bicyclic) bond motifs is 1. The van der Waals surface area contributed by atoms with Crippen LogP contribution in [0.25, 0.3) is 11.0 Å². The second-order valence-corrected chi connectivity index (χ2v) is 6.81. The molecule has 1 aromatic carbocycles. The van der Waals surface area contributed by atoms with Gasteiger partial charge in [-0.15, -0.1) is 0 Å². The van der Waals surface area contributed by atoms with Crippen LogP contribution in [0.4, 0.5) is 0 Å². The summed E-state index contributed by atoms with van der Waals surface area (Å²) in [4.78, 5) is 15.5. The number of aromatic carboxylic acids is 1. The molecule has 1 aromatic heterocycles. The van der Waals surface area contributed by atoms with Crippen LogP contribution in [0.2, 0.25) is 0 Å². The zero-order chi connectivity index (χ0) is 14.3. The third-order valence-electron chi connectivity index (χ3n) is 3.84. The van der Waals surface area contributed by atoms with E-state index in [0.29, 0.717) is 11.6 Å². The Bertz CT molecular complexity index is 698. The fraction of sp³-hybridized carbons (Fsp3) is 0.429. The van der Waals surface area contributed by atoms with E-state index in [1.807, 2.05) is 13.0 Å². The van der Waals surface area contributed by atoms with E-state index in [0.717, 1.165) is 35.7 Å². The van der Waals surface area contributed by atoms with Crippen molar-refractivity contribution in [2.45, 2.75) is 25.8 Å². The predicted molar refractivity (Wildman–Crippen MR) is 77.6 cm³/mol. The molecule has 6 heteroatoms. The molecule has 5 nitrogen and oxygen atoms in total. The Hall–Kier alpha value is -1.69. The summed E-state index contributed by atoms with van der Waals surface area (Å²) < 4.78 is 13.6. The number of carboxylic acids is 1. The van der Waals surface area contributed by atoms with Crippen molar-refractivity contribution in [1.82, 2.24) is 9.55 Å². The van der Waals surface area contributed by atoms with Crippen molar-refractivity contribution in [2.75, 3.05) is 11.5 Å². The summed E-state index contributed by atoms with van der Waals surface area (Å²) in [5.41, 5.74) is 1.94. The summed E-state index contributed by atoms with van der Waals surface area (Å²) in [7, 11) is -0.684. The van der Waals surface area contributed by atoms with Gasteiger partial charge in [-0.2, -0.15) is 0 Å². The van der Waals surface area contributed by atoms with Crippen LogP contribution in [-0.4, -0.2) is 36.3 Å². The number of aryl methyl sites for hydroxylation is 1. The molecular formula is C14H16N2O3S. The quantitative estimate of drug-likeness (QED) is 0.920. The maximum atomic E-state index is 11.5. The van der Waals surface area contributed by atoms with Crippen molar-refractivity contribution in [3.63, 3.8) is 0 Å². The normalized spacial score (nSPS) is 23.1. The van der Waals surface area contributed by atoms with Gasteiger partial charge in [-0.25, -0.2) is 9.78 Å². The van der Waals surface area contributed by atoms with Crippen molar-refractivity contribution in [3.05, 3.63) is 29.6 Å². The highest BCUT2D eigenvalue weighted by molar-refractivity contribution is 7.85. The molecule has 0 bridgehead atoms. The van der Waals surface area contributed by atoms with Crippen LogP contribution in [0.15, 0.2) is 18.2 Å². The predicted octanol–water partition coefficient (Wildman–Crippen LogP) is 2.13. The lowest BCUT2D eigenvalue weighted by Gasteiger charge is -2.24. The van der Waals surface area contributed by atoms with Gasteiger partial charge in [0.1, 0.15) is 5.82 Å². The molecule has 1 aliphatic heterocycles. The number of imidazole rings is 1. The Labute approximate surface area is 119 Å². The van der Waals surface area contributed by atoms with Gasteiger partial charge in [0.05, 0.1) is 16.6 Å². The zero-order valence-corrected chi connectivity index (χ0v) is 12.0. The first-order chi connectivity index (χ1) is 9.56. The summed E-state index contributed by atoms with van der Waals surface area (Å²) in [6, 6.07) is 5.36. The number of nitrogens with zero attached hydrogens (tertiary/aromatic N) is 2. The second kappa shape index (κ2) is 5.01. The van der Waals surface area contributed by atoms with Crippen LogP contribution >= 0.6 is 0 Å². The number of aromatic nitrogens is 2. The third kappa shape index (κ3) is 2.24. The van der Waals surface area contributed by atoms with Crippen LogP contribution in [0, 0.1) is 6.92 Å². The minimum atomic E-state index is -0.938. The molecule has 20 heavy (non-hydrogen) atoms. The number of hydrogen-bond donors (Lipinski definition) is 1. The number of benzene rings is 1. The van der Waals surface area contributed by atoms with Crippen LogP contribution in [0.3, 0.4) is 0 Å². The molecular weight excluding hydrogens is 276 g/mol. The van der Waals surface area contributed by atoms with Gasteiger partial charge >= 0.3 is 5.97 Å². The second-order valence-electron chi connectivity index (χ2n) is 5.12. The molecule has 1 N–H and O–H groups in total. The van der Waals surface area contributed by atoms with Gasteiger partial charge in [-0.1, -0.05) is 0 Å². The third-order valence-corrected chi connectivity index (χ3v) is 5.22. The molecule has 1 fully saturated rings. The van der Waals surface area contributed by atoms with Gasteiger partial charge in [0, 0.05) is 28.3 Å². The highest BCUT2D eigenvalue weighted by Crippen LogP contribution is 2.29. The number of rotatable bonds is 2. The first kappa shape index (κ1) is 13.3. The topological polar surface area (TPSA) is 72.2 Å². The van der Waals surface area contributed by atoms with E-state index in [1.165, 1.54) is 0 Å². The SMILES string of the molecule is Cc1nc2cc(C(=O)O)ccc2n1C1CCS(=O)CC1. The summed E-state index contributed by atoms with van der Waals surface area (Å²) in [5.74, 6) is 1.42. The lowest BCUT2D eigenvalue weighted by atomic mass is 10.1. The lowest BCUT2D eigenvalue weighted by molar-refractivity contribution is 0.0697. The summed E-state index contributed by atoms with van der Waals surface area (Å²) in [6.45, 7) is 1.94. The fourth-order valence-electron chi connectivity index (χ4n) is 2.85. The van der Waals surface area contributed by atoms with Crippen LogP contribution < -0.4 is 0 Å². The molecule has 1 aliphatic rings. The molecule has 106 valence electrons. The number of carbonyl (C=O) groups is 1. The molecule has 0 aliphatic carbocycles. The molecule has 0 radical (unpaired) electrons. The highest BCUT2D eigenvalue weighted by Gasteiger charge is 2.22. The van der Waals surface area contributed by atoms with E-state index in [9.17, 15) is 9.00 Å². The molecule has 2 heterocycles. The Morgan fingerprint density at radius 2 is 2.10 bits per heavy atom. The standard InChI is InChI=1S/C14H16N2O3S/c1-9-15-12-8-10(14(17)18)2-3-13(12)16(9)11-4-6-20(19)7-5-11/h2-3,8,11H,4-7H2,1H3,(H,17,18). The molecule has 0 saturated carbocycles. The first-order valence-electron chi connectivity index (χ1n) is 6.63. The van der Waals surface area contributed by atoms with E-state index in [2.05, 4.69) is 9.55 Å². The summed E-state index contributed by atoms with van der Waals surface area (Å²) >= 11 is 0. The Morgan fingerprint density at radius 1 is 1.40 bits per heavy atom. The zero-order valence-electron chi connectivity index (χ0n) is 11.2. The van der Waals surface area contributed by atoms with Gasteiger partial charge in [-0.05, 0) is 38.0 Å². The number of carboxylic acid groups (broad SMARTS) is 1. The maximum Gasteiger partial charge on any atom is 0.335 e. The molecule has 3 rings (SSSR count). The van der Waals surface area contributed by atoms with E-state index in [1.54, 1.807) is 12.1 Å². The van der Waals surface area contributed by atoms with Crippen molar-refractivity contribution >= 4 is 27.8 Å². The minimum Gasteiger partial charge on any atom is -0.478 e. The van der Waals surface area contributed by atoms with E-state index >= 15 is 0 Å². The highest BCUT2D eigenvalue weighted by atomic mass is 32.2. The van der Waals surface area contributed by atoms with Crippen LogP contribution in [0.5, 0.6) is 0 Å². The average Bonchev–Trinajstić information content (AvgIpc) is 2.74. The summed E-state index contributed by atoms with van der Waals surface area (Å²) in [6.07, 6.45) is 1.78. The van der Waals surface area contributed by atoms with Crippen LogP contribution in [-0.2, 0) is 10.8 Å². The van der Waals surface area contributed by atoms with Gasteiger partial charge < -0.3 is 9.67 Å². The Balaban J connectivity index is 2.05. The maximum absolute atomic E-state index is 11.5. The van der Waals surface area contributed by atoms with Gasteiger partial charge in [0.25, 0.3) is 0 Å². The van der Waals surface area contributed by atoms with Crippen LogP contribution in [0.1, 0.15) is 35.1 Å². The fourth-order valence-corrected chi connectivity index (χ4v) is 4.13. The van der Waals surface area contributed by atoms with E-state index < -0.39 is 16.8 Å². The van der Waals surface area contributed by atoms with Gasteiger partial charge in [0.15, 0.2) is 0 Å². The molecule has 2 aromatic rings.